The Morgan fingerprint density at radius 1 is 1.09 bits per heavy atom. The molecule has 2 fully saturated rings. The molecule has 1 aliphatic heterocycles. The van der Waals surface area contributed by atoms with Crippen LogP contribution >= 0.6 is 22.9 Å². The van der Waals surface area contributed by atoms with Gasteiger partial charge in [0.1, 0.15) is 27.4 Å². The van der Waals surface area contributed by atoms with Gasteiger partial charge in [0.15, 0.2) is 0 Å². The summed E-state index contributed by atoms with van der Waals surface area (Å²) in [6.45, 7) is 5.20. The molecule has 3 aromatic heterocycles. The average molecular weight is 472 g/mol. The molecule has 7 nitrogen and oxygen atoms in total. The molecular formula is C23H26ClN5O2S. The third kappa shape index (κ3) is 4.26. The van der Waals surface area contributed by atoms with Gasteiger partial charge in [-0.2, -0.15) is 4.98 Å². The number of esters is 1. The molecule has 1 aliphatic carbocycles. The van der Waals surface area contributed by atoms with E-state index >= 15 is 0 Å². The first kappa shape index (κ1) is 21.4. The quantitative estimate of drug-likeness (QED) is 0.397. The van der Waals surface area contributed by atoms with Crippen molar-refractivity contribution < 1.29 is 9.53 Å². The zero-order chi connectivity index (χ0) is 22.1. The van der Waals surface area contributed by atoms with Crippen molar-refractivity contribution in [3.05, 3.63) is 40.1 Å². The van der Waals surface area contributed by atoms with Gasteiger partial charge in [-0.25, -0.2) is 14.8 Å². The summed E-state index contributed by atoms with van der Waals surface area (Å²) in [6.07, 6.45) is 7.21. The Balaban J connectivity index is 1.39. The Kier molecular flexibility index (Phi) is 6.15. The first-order valence-corrected chi connectivity index (χ1v) is 12.4. The van der Waals surface area contributed by atoms with E-state index in [2.05, 4.69) is 24.8 Å². The van der Waals surface area contributed by atoms with E-state index in [0.717, 1.165) is 79.3 Å². The lowest BCUT2D eigenvalue weighted by Crippen LogP contribution is -2.47. The molecule has 4 heterocycles. The Morgan fingerprint density at radius 3 is 2.56 bits per heavy atom. The highest BCUT2D eigenvalue weighted by Crippen LogP contribution is 2.37. The lowest BCUT2D eigenvalue weighted by Gasteiger charge is -2.36. The van der Waals surface area contributed by atoms with Gasteiger partial charge in [0.05, 0.1) is 5.39 Å². The maximum atomic E-state index is 13.0. The van der Waals surface area contributed by atoms with Crippen LogP contribution in [0.15, 0.2) is 24.4 Å². The molecule has 0 bridgehead atoms. The molecule has 3 aromatic rings. The fourth-order valence-electron chi connectivity index (χ4n) is 4.59. The van der Waals surface area contributed by atoms with Crippen LogP contribution in [-0.4, -0.2) is 53.2 Å². The van der Waals surface area contributed by atoms with Crippen molar-refractivity contribution in [3.8, 4) is 0 Å². The van der Waals surface area contributed by atoms with Gasteiger partial charge in [0.25, 0.3) is 0 Å². The van der Waals surface area contributed by atoms with Gasteiger partial charge in [-0.15, -0.1) is 11.3 Å². The van der Waals surface area contributed by atoms with Crippen molar-refractivity contribution in [2.24, 2.45) is 0 Å². The summed E-state index contributed by atoms with van der Waals surface area (Å²) in [5.74, 6) is 1.53. The number of ether oxygens (including phenoxy) is 1. The summed E-state index contributed by atoms with van der Waals surface area (Å²) in [7, 11) is 0. The minimum Gasteiger partial charge on any atom is -0.458 e. The Bertz CT molecular complexity index is 1110. The number of carbonyl (C=O) groups excluding carboxylic acids is 1. The maximum absolute atomic E-state index is 13.0. The summed E-state index contributed by atoms with van der Waals surface area (Å²) < 4.78 is 5.83. The SMILES string of the molecule is Cc1c(C(=O)OC2CCCCC2)sc2nc(Cl)nc(N3CCN(c4ccccn4)CC3)c12. The van der Waals surface area contributed by atoms with Gasteiger partial charge in [-0.05, 0) is 61.9 Å². The number of nitrogens with zero attached hydrogens (tertiary/aromatic N) is 5. The second-order valence-corrected chi connectivity index (χ2v) is 9.72. The molecule has 0 atom stereocenters. The predicted octanol–water partition coefficient (Wildman–Crippen LogP) is 4.86. The number of hydrogen-bond acceptors (Lipinski definition) is 8. The molecule has 9 heteroatoms. The highest BCUT2D eigenvalue weighted by atomic mass is 35.5. The van der Waals surface area contributed by atoms with Crippen molar-refractivity contribution in [2.45, 2.75) is 45.1 Å². The molecule has 1 saturated heterocycles. The number of aromatic nitrogens is 3. The van der Waals surface area contributed by atoms with Gasteiger partial charge in [-0.3, -0.25) is 0 Å². The van der Waals surface area contributed by atoms with E-state index in [9.17, 15) is 4.79 Å². The fourth-order valence-corrected chi connectivity index (χ4v) is 5.87. The van der Waals surface area contributed by atoms with E-state index in [1.807, 2.05) is 31.3 Å². The summed E-state index contributed by atoms with van der Waals surface area (Å²) in [5.41, 5.74) is 0.879. The van der Waals surface area contributed by atoms with Crippen LogP contribution in [0.3, 0.4) is 0 Å². The zero-order valence-electron chi connectivity index (χ0n) is 18.1. The zero-order valence-corrected chi connectivity index (χ0v) is 19.7. The second-order valence-electron chi connectivity index (χ2n) is 8.38. The summed E-state index contributed by atoms with van der Waals surface area (Å²) in [4.78, 5) is 32.2. The highest BCUT2D eigenvalue weighted by Gasteiger charge is 2.27. The van der Waals surface area contributed by atoms with Gasteiger partial charge in [-0.1, -0.05) is 12.5 Å². The van der Waals surface area contributed by atoms with Crippen molar-refractivity contribution in [3.63, 3.8) is 0 Å². The number of halogens is 1. The van der Waals surface area contributed by atoms with Gasteiger partial charge >= 0.3 is 5.97 Å². The van der Waals surface area contributed by atoms with Crippen molar-refractivity contribution in [1.82, 2.24) is 15.0 Å². The van der Waals surface area contributed by atoms with E-state index in [1.54, 1.807) is 0 Å². The monoisotopic (exact) mass is 471 g/mol. The number of rotatable bonds is 4. The Morgan fingerprint density at radius 2 is 1.84 bits per heavy atom. The van der Waals surface area contributed by atoms with E-state index < -0.39 is 0 Å². The predicted molar refractivity (Wildman–Crippen MR) is 128 cm³/mol. The van der Waals surface area contributed by atoms with Gasteiger partial charge in [0.2, 0.25) is 5.28 Å². The molecule has 0 unspecified atom stereocenters. The van der Waals surface area contributed by atoms with Crippen LogP contribution in [-0.2, 0) is 4.74 Å². The number of fused-ring (bicyclic) bond motifs is 1. The third-order valence-electron chi connectivity index (χ3n) is 6.31. The molecule has 5 rings (SSSR count). The maximum Gasteiger partial charge on any atom is 0.348 e. The van der Waals surface area contributed by atoms with Crippen molar-refractivity contribution in [1.29, 1.82) is 0 Å². The number of pyridine rings is 1. The van der Waals surface area contributed by atoms with Crippen LogP contribution in [0.4, 0.5) is 11.6 Å². The molecule has 0 amide bonds. The normalized spacial score (nSPS) is 17.7. The van der Waals surface area contributed by atoms with Crippen LogP contribution < -0.4 is 9.80 Å². The van der Waals surface area contributed by atoms with Crippen LogP contribution in [0, 0.1) is 6.92 Å². The molecular weight excluding hydrogens is 446 g/mol. The topological polar surface area (TPSA) is 71.5 Å². The molecule has 0 N–H and O–H groups in total. The molecule has 2 aliphatic rings. The van der Waals surface area contributed by atoms with Crippen LogP contribution in [0.25, 0.3) is 10.2 Å². The Labute approximate surface area is 196 Å². The summed E-state index contributed by atoms with van der Waals surface area (Å²) in [5, 5.41) is 1.11. The largest absolute Gasteiger partial charge is 0.458 e. The van der Waals surface area contributed by atoms with E-state index in [1.165, 1.54) is 17.8 Å². The van der Waals surface area contributed by atoms with Crippen molar-refractivity contribution in [2.75, 3.05) is 36.0 Å². The number of thiophene rings is 1. The van der Waals surface area contributed by atoms with Gasteiger partial charge < -0.3 is 14.5 Å². The first-order chi connectivity index (χ1) is 15.6. The molecule has 1 saturated carbocycles. The first-order valence-electron chi connectivity index (χ1n) is 11.2. The van der Waals surface area contributed by atoms with E-state index in [0.29, 0.717) is 4.88 Å². The van der Waals surface area contributed by atoms with Crippen LogP contribution in [0.1, 0.15) is 47.3 Å². The number of anilines is 2. The highest BCUT2D eigenvalue weighted by molar-refractivity contribution is 7.20. The molecule has 0 aromatic carbocycles. The van der Waals surface area contributed by atoms with E-state index in [-0.39, 0.29) is 17.4 Å². The number of hydrogen-bond donors (Lipinski definition) is 0. The molecule has 168 valence electrons. The van der Waals surface area contributed by atoms with Crippen LogP contribution in [0.5, 0.6) is 0 Å². The lowest BCUT2D eigenvalue weighted by atomic mass is 9.98. The number of carbonyl (C=O) groups is 1. The minimum absolute atomic E-state index is 0.0229. The minimum atomic E-state index is -0.251. The Hall–Kier alpha value is -2.45. The number of aryl methyl sites for hydroxylation is 1. The summed E-state index contributed by atoms with van der Waals surface area (Å²) >= 11 is 7.64. The average Bonchev–Trinajstić information content (AvgIpc) is 3.16. The fraction of sp³-hybridized carbons (Fsp3) is 0.478. The van der Waals surface area contributed by atoms with Gasteiger partial charge in [0, 0.05) is 32.4 Å². The molecule has 0 radical (unpaired) electrons. The standard InChI is InChI=1S/C23H26ClN5O2S/c1-15-18-20(29-13-11-28(12-14-29)17-9-5-6-10-25-17)26-23(24)27-21(18)32-19(15)22(30)31-16-7-3-2-4-8-16/h5-6,9-10,16H,2-4,7-8,11-14H2,1H3. The smallest absolute Gasteiger partial charge is 0.348 e. The third-order valence-corrected chi connectivity index (χ3v) is 7.64. The van der Waals surface area contributed by atoms with Crippen molar-refractivity contribution >= 4 is 50.8 Å². The molecule has 0 spiro atoms. The lowest BCUT2D eigenvalue weighted by molar-refractivity contribution is 0.0216. The summed E-state index contributed by atoms with van der Waals surface area (Å²) in [6, 6.07) is 5.96. The number of piperazine rings is 1. The van der Waals surface area contributed by atoms with E-state index in [4.69, 9.17) is 16.3 Å². The van der Waals surface area contributed by atoms with Crippen LogP contribution in [0.2, 0.25) is 5.28 Å². The molecule has 32 heavy (non-hydrogen) atoms. The second kappa shape index (κ2) is 9.19.